The summed E-state index contributed by atoms with van der Waals surface area (Å²) >= 11 is 0. The SMILES string of the molecule is O=S(=O)(c1ccccc1)N1C[C@H](O)[C@@H](N2CCCN(Cc3ccccn3)CC2)C1. The van der Waals surface area contributed by atoms with Gasteiger partial charge in [0.1, 0.15) is 0 Å². The number of hydrogen-bond donors (Lipinski definition) is 1. The lowest BCUT2D eigenvalue weighted by atomic mass is 10.2. The minimum absolute atomic E-state index is 0.149. The van der Waals surface area contributed by atoms with E-state index >= 15 is 0 Å². The van der Waals surface area contributed by atoms with Crippen molar-refractivity contribution in [3.63, 3.8) is 0 Å². The fraction of sp³-hybridized carbons (Fsp3) is 0.476. The highest BCUT2D eigenvalue weighted by molar-refractivity contribution is 7.89. The van der Waals surface area contributed by atoms with Crippen LogP contribution in [0.25, 0.3) is 0 Å². The maximum absolute atomic E-state index is 12.9. The first-order chi connectivity index (χ1) is 14.0. The van der Waals surface area contributed by atoms with Gasteiger partial charge in [-0.15, -0.1) is 0 Å². The van der Waals surface area contributed by atoms with Gasteiger partial charge in [0.15, 0.2) is 0 Å². The van der Waals surface area contributed by atoms with Gasteiger partial charge in [0, 0.05) is 38.9 Å². The average Bonchev–Trinajstić information content (AvgIpc) is 2.99. The second-order valence-electron chi connectivity index (χ2n) is 7.76. The van der Waals surface area contributed by atoms with Gasteiger partial charge in [-0.05, 0) is 43.8 Å². The number of hydrogen-bond acceptors (Lipinski definition) is 6. The van der Waals surface area contributed by atoms with Crippen LogP contribution >= 0.6 is 0 Å². The van der Waals surface area contributed by atoms with Crippen LogP contribution in [0.5, 0.6) is 0 Å². The van der Waals surface area contributed by atoms with Crippen LogP contribution in [0.3, 0.4) is 0 Å². The highest BCUT2D eigenvalue weighted by Gasteiger charge is 2.41. The molecule has 0 saturated carbocycles. The zero-order chi connectivity index (χ0) is 20.3. The fourth-order valence-electron chi connectivity index (χ4n) is 4.23. The minimum Gasteiger partial charge on any atom is -0.390 e. The van der Waals surface area contributed by atoms with Crippen molar-refractivity contribution in [2.45, 2.75) is 30.0 Å². The molecule has 1 aromatic heterocycles. The molecule has 2 fully saturated rings. The smallest absolute Gasteiger partial charge is 0.243 e. The quantitative estimate of drug-likeness (QED) is 0.784. The Hall–Kier alpha value is -1.84. The predicted octanol–water partition coefficient (Wildman–Crippen LogP) is 1.02. The number of aromatic nitrogens is 1. The Morgan fingerprint density at radius 2 is 1.76 bits per heavy atom. The molecule has 2 saturated heterocycles. The van der Waals surface area contributed by atoms with Gasteiger partial charge in [-0.25, -0.2) is 8.42 Å². The number of sulfonamides is 1. The van der Waals surface area contributed by atoms with E-state index in [2.05, 4.69) is 14.8 Å². The molecule has 29 heavy (non-hydrogen) atoms. The normalized spacial score (nSPS) is 25.1. The number of rotatable bonds is 5. The Balaban J connectivity index is 1.39. The maximum Gasteiger partial charge on any atom is 0.243 e. The van der Waals surface area contributed by atoms with Crippen molar-refractivity contribution in [1.29, 1.82) is 0 Å². The lowest BCUT2D eigenvalue weighted by Gasteiger charge is -2.29. The van der Waals surface area contributed by atoms with Gasteiger partial charge in [0.2, 0.25) is 10.0 Å². The van der Waals surface area contributed by atoms with E-state index in [1.54, 1.807) is 30.3 Å². The van der Waals surface area contributed by atoms with Crippen LogP contribution in [0.4, 0.5) is 0 Å². The molecule has 8 heteroatoms. The van der Waals surface area contributed by atoms with E-state index in [0.29, 0.717) is 6.54 Å². The van der Waals surface area contributed by atoms with Crippen molar-refractivity contribution < 1.29 is 13.5 Å². The number of aliphatic hydroxyl groups excluding tert-OH is 1. The topological polar surface area (TPSA) is 77.0 Å². The number of nitrogens with zero attached hydrogens (tertiary/aromatic N) is 4. The van der Waals surface area contributed by atoms with Crippen LogP contribution in [0.2, 0.25) is 0 Å². The molecule has 0 amide bonds. The van der Waals surface area contributed by atoms with Crippen molar-refractivity contribution in [2.24, 2.45) is 0 Å². The van der Waals surface area contributed by atoms with E-state index in [1.807, 2.05) is 24.4 Å². The summed E-state index contributed by atoms with van der Waals surface area (Å²) < 4.78 is 27.3. The first kappa shape index (κ1) is 20.4. The van der Waals surface area contributed by atoms with Crippen molar-refractivity contribution in [3.8, 4) is 0 Å². The molecule has 4 rings (SSSR count). The van der Waals surface area contributed by atoms with E-state index in [0.717, 1.165) is 44.8 Å². The van der Waals surface area contributed by atoms with Crippen LogP contribution in [0.1, 0.15) is 12.1 Å². The van der Waals surface area contributed by atoms with Crippen molar-refractivity contribution in [3.05, 3.63) is 60.4 Å². The Kier molecular flexibility index (Phi) is 6.26. The van der Waals surface area contributed by atoms with E-state index in [9.17, 15) is 13.5 Å². The third kappa shape index (κ3) is 4.67. The summed E-state index contributed by atoms with van der Waals surface area (Å²) in [6.45, 7) is 4.83. The largest absolute Gasteiger partial charge is 0.390 e. The van der Waals surface area contributed by atoms with Crippen LogP contribution in [0, 0.1) is 0 Å². The molecule has 0 bridgehead atoms. The summed E-state index contributed by atoms with van der Waals surface area (Å²) in [6, 6.07) is 14.3. The number of β-amino-alcohol motifs (C(OH)–C–C–N with tert-alkyl or cyclic N) is 1. The van der Waals surface area contributed by atoms with Gasteiger partial charge >= 0.3 is 0 Å². The summed E-state index contributed by atoms with van der Waals surface area (Å²) in [5.41, 5.74) is 1.06. The monoisotopic (exact) mass is 416 g/mol. The Morgan fingerprint density at radius 1 is 0.966 bits per heavy atom. The number of benzene rings is 1. The fourth-order valence-corrected chi connectivity index (χ4v) is 5.73. The summed E-state index contributed by atoms with van der Waals surface area (Å²) in [5.74, 6) is 0. The summed E-state index contributed by atoms with van der Waals surface area (Å²) in [4.78, 5) is 9.32. The molecule has 0 aliphatic carbocycles. The number of aliphatic hydroxyl groups is 1. The molecule has 1 N–H and O–H groups in total. The maximum atomic E-state index is 12.9. The van der Waals surface area contributed by atoms with Crippen molar-refractivity contribution >= 4 is 10.0 Å². The van der Waals surface area contributed by atoms with E-state index in [-0.39, 0.29) is 17.5 Å². The molecule has 2 atom stereocenters. The van der Waals surface area contributed by atoms with Gasteiger partial charge in [-0.3, -0.25) is 14.8 Å². The van der Waals surface area contributed by atoms with Gasteiger partial charge in [-0.1, -0.05) is 24.3 Å². The van der Waals surface area contributed by atoms with Crippen LogP contribution in [-0.2, 0) is 16.6 Å². The van der Waals surface area contributed by atoms with Crippen LogP contribution in [0.15, 0.2) is 59.6 Å². The van der Waals surface area contributed by atoms with Crippen molar-refractivity contribution in [1.82, 2.24) is 19.1 Å². The molecule has 0 radical (unpaired) electrons. The Morgan fingerprint density at radius 3 is 2.52 bits per heavy atom. The second kappa shape index (κ2) is 8.89. The lowest BCUT2D eigenvalue weighted by molar-refractivity contribution is 0.0848. The zero-order valence-corrected chi connectivity index (χ0v) is 17.3. The van der Waals surface area contributed by atoms with E-state index < -0.39 is 16.1 Å². The molecule has 1 aromatic carbocycles. The highest BCUT2D eigenvalue weighted by atomic mass is 32.2. The van der Waals surface area contributed by atoms with Gasteiger partial charge < -0.3 is 5.11 Å². The predicted molar refractivity (Wildman–Crippen MR) is 111 cm³/mol. The molecular weight excluding hydrogens is 388 g/mol. The van der Waals surface area contributed by atoms with Gasteiger partial charge in [-0.2, -0.15) is 4.31 Å². The van der Waals surface area contributed by atoms with Crippen LogP contribution in [-0.4, -0.2) is 84.0 Å². The first-order valence-electron chi connectivity index (χ1n) is 10.1. The molecule has 2 aliphatic rings. The first-order valence-corrected chi connectivity index (χ1v) is 11.6. The van der Waals surface area contributed by atoms with E-state index in [4.69, 9.17) is 0 Å². The van der Waals surface area contributed by atoms with E-state index in [1.165, 1.54) is 4.31 Å². The highest BCUT2D eigenvalue weighted by Crippen LogP contribution is 2.25. The van der Waals surface area contributed by atoms with Gasteiger partial charge in [0.25, 0.3) is 0 Å². The van der Waals surface area contributed by atoms with Crippen LogP contribution < -0.4 is 0 Å². The standard InChI is InChI=1S/C21H28N4O3S/c26-21-17-25(29(27,28)19-8-2-1-3-9-19)16-20(21)24-12-6-11-23(13-14-24)15-18-7-4-5-10-22-18/h1-5,7-10,20-21,26H,6,11-17H2/t20-,21-/m0/s1. The molecular formula is C21H28N4O3S. The Labute approximate surface area is 172 Å². The Bertz CT molecular complexity index is 895. The van der Waals surface area contributed by atoms with Crippen molar-refractivity contribution in [2.75, 3.05) is 39.3 Å². The summed E-state index contributed by atoms with van der Waals surface area (Å²) in [6.07, 6.45) is 2.13. The van der Waals surface area contributed by atoms with Gasteiger partial charge in [0.05, 0.1) is 22.7 Å². The average molecular weight is 417 g/mol. The molecule has 0 unspecified atom stereocenters. The lowest BCUT2D eigenvalue weighted by Crippen LogP contribution is -2.45. The molecule has 2 aliphatic heterocycles. The second-order valence-corrected chi connectivity index (χ2v) is 9.69. The third-order valence-corrected chi connectivity index (χ3v) is 7.66. The summed E-state index contributed by atoms with van der Waals surface area (Å²) in [5, 5.41) is 10.6. The molecule has 156 valence electrons. The molecule has 3 heterocycles. The minimum atomic E-state index is -3.58. The molecule has 2 aromatic rings. The third-order valence-electron chi connectivity index (χ3n) is 5.81. The number of pyridine rings is 1. The molecule has 0 spiro atoms. The zero-order valence-electron chi connectivity index (χ0n) is 16.5. The summed E-state index contributed by atoms with van der Waals surface area (Å²) in [7, 11) is -3.58. The molecule has 7 nitrogen and oxygen atoms in total.